The maximum Gasteiger partial charge on any atom is 0.213 e. The Bertz CT molecular complexity index is 1460. The number of nitrogens with zero attached hydrogens (tertiary/aromatic N) is 4. The molecule has 10 heteroatoms. The Labute approximate surface area is 204 Å². The van der Waals surface area contributed by atoms with E-state index in [9.17, 15) is 8.42 Å². The first-order valence-electron chi connectivity index (χ1n) is 11.3. The molecular formula is C24H27ClN6O2S. The average molecular weight is 499 g/mol. The Balaban J connectivity index is 1.50. The molecule has 0 aliphatic carbocycles. The lowest BCUT2D eigenvalue weighted by Crippen LogP contribution is -2.32. The molecule has 1 saturated heterocycles. The van der Waals surface area contributed by atoms with Crippen molar-refractivity contribution in [3.05, 3.63) is 59.0 Å². The lowest BCUT2D eigenvalue weighted by Gasteiger charge is -2.17. The number of halogens is 1. The zero-order valence-electron chi connectivity index (χ0n) is 19.3. The fraction of sp³-hybridized carbons (Fsp3) is 0.333. The molecule has 2 N–H and O–H groups in total. The van der Waals surface area contributed by atoms with Crippen LogP contribution < -0.4 is 5.32 Å². The molecule has 0 radical (unpaired) electrons. The number of benzene rings is 1. The number of aromatic amines is 1. The fourth-order valence-corrected chi connectivity index (χ4v) is 6.02. The van der Waals surface area contributed by atoms with Gasteiger partial charge in [-0.15, -0.1) is 0 Å². The number of aromatic nitrogens is 4. The lowest BCUT2D eigenvalue weighted by atomic mass is 10.2. The van der Waals surface area contributed by atoms with Gasteiger partial charge >= 0.3 is 0 Å². The van der Waals surface area contributed by atoms with Crippen LogP contribution in [0.3, 0.4) is 0 Å². The highest BCUT2D eigenvalue weighted by atomic mass is 35.5. The number of anilines is 1. The van der Waals surface area contributed by atoms with Gasteiger partial charge in [0.25, 0.3) is 0 Å². The highest BCUT2D eigenvalue weighted by Crippen LogP contribution is 2.34. The van der Waals surface area contributed by atoms with E-state index in [1.165, 1.54) is 4.31 Å². The molecule has 34 heavy (non-hydrogen) atoms. The summed E-state index contributed by atoms with van der Waals surface area (Å²) in [6.07, 6.45) is 2.29. The van der Waals surface area contributed by atoms with Gasteiger partial charge in [0.15, 0.2) is 5.65 Å². The molecule has 1 aliphatic heterocycles. The third-order valence-corrected chi connectivity index (χ3v) is 8.57. The number of nitrogens with one attached hydrogen (secondary N) is 2. The van der Waals surface area contributed by atoms with Crippen molar-refractivity contribution in [1.82, 2.24) is 23.8 Å². The number of imidazole rings is 1. The van der Waals surface area contributed by atoms with Crippen molar-refractivity contribution < 1.29 is 8.42 Å². The summed E-state index contributed by atoms with van der Waals surface area (Å²) in [7, 11) is -3.21. The maximum absolute atomic E-state index is 12.2. The van der Waals surface area contributed by atoms with Crippen LogP contribution in [0.4, 0.5) is 5.69 Å². The number of hydrogen-bond donors (Lipinski definition) is 2. The molecule has 4 aromatic rings. The van der Waals surface area contributed by atoms with Crippen LogP contribution in [0.5, 0.6) is 0 Å². The minimum Gasteiger partial charge on any atom is -0.378 e. The quantitative estimate of drug-likeness (QED) is 0.407. The Morgan fingerprint density at radius 2 is 2.00 bits per heavy atom. The normalized spacial score (nSPS) is 17.0. The number of aryl methyl sites for hydroxylation is 1. The predicted octanol–water partition coefficient (Wildman–Crippen LogP) is 4.52. The summed E-state index contributed by atoms with van der Waals surface area (Å²) >= 11 is 6.52. The predicted molar refractivity (Wildman–Crippen MR) is 136 cm³/mol. The second kappa shape index (κ2) is 8.72. The number of sulfonamides is 1. The van der Waals surface area contributed by atoms with Gasteiger partial charge < -0.3 is 14.9 Å². The molecule has 4 heterocycles. The van der Waals surface area contributed by atoms with Gasteiger partial charge in [-0.05, 0) is 45.4 Å². The second-order valence-corrected chi connectivity index (χ2v) is 11.3. The Morgan fingerprint density at radius 1 is 1.24 bits per heavy atom. The fourth-order valence-electron chi connectivity index (χ4n) is 4.66. The van der Waals surface area contributed by atoms with Crippen molar-refractivity contribution in [3.63, 3.8) is 0 Å². The number of fused-ring (bicyclic) bond motifs is 1. The largest absolute Gasteiger partial charge is 0.378 e. The first kappa shape index (κ1) is 22.9. The van der Waals surface area contributed by atoms with Crippen LogP contribution in [0, 0.1) is 13.8 Å². The minimum absolute atomic E-state index is 0.0423. The zero-order valence-corrected chi connectivity index (χ0v) is 20.9. The zero-order chi connectivity index (χ0) is 24.0. The van der Waals surface area contributed by atoms with Crippen molar-refractivity contribution in [2.45, 2.75) is 33.2 Å². The highest BCUT2D eigenvalue weighted by Gasteiger charge is 2.31. The van der Waals surface area contributed by atoms with Gasteiger partial charge in [0, 0.05) is 41.8 Å². The Kier molecular flexibility index (Phi) is 5.87. The minimum atomic E-state index is -3.21. The highest BCUT2D eigenvalue weighted by molar-refractivity contribution is 7.89. The second-order valence-electron chi connectivity index (χ2n) is 8.61. The molecule has 0 unspecified atom stereocenters. The van der Waals surface area contributed by atoms with Gasteiger partial charge in [0.1, 0.15) is 11.3 Å². The number of pyridine rings is 1. The number of rotatable bonds is 6. The van der Waals surface area contributed by atoms with Crippen LogP contribution in [0.2, 0.25) is 5.02 Å². The van der Waals surface area contributed by atoms with Gasteiger partial charge in [0.2, 0.25) is 10.0 Å². The van der Waals surface area contributed by atoms with Crippen molar-refractivity contribution in [3.8, 4) is 17.1 Å². The topological polar surface area (TPSA) is 95.9 Å². The van der Waals surface area contributed by atoms with Gasteiger partial charge in [-0.2, -0.15) is 4.31 Å². The first-order valence-corrected chi connectivity index (χ1v) is 13.3. The number of H-pyrrole nitrogens is 1. The van der Waals surface area contributed by atoms with E-state index >= 15 is 0 Å². The molecule has 1 aromatic carbocycles. The monoisotopic (exact) mass is 498 g/mol. The molecule has 3 aromatic heterocycles. The summed E-state index contributed by atoms with van der Waals surface area (Å²) in [5.74, 6) is 0.815. The van der Waals surface area contributed by atoms with E-state index in [1.807, 2.05) is 18.2 Å². The summed E-state index contributed by atoms with van der Waals surface area (Å²) in [5, 5.41) is 3.91. The summed E-state index contributed by atoms with van der Waals surface area (Å²) in [6, 6.07) is 12.3. The Morgan fingerprint density at radius 3 is 2.74 bits per heavy atom. The van der Waals surface area contributed by atoms with Crippen LogP contribution in [-0.4, -0.2) is 57.1 Å². The summed E-state index contributed by atoms with van der Waals surface area (Å²) in [5.41, 5.74) is 6.22. The third-order valence-electron chi connectivity index (χ3n) is 6.43. The van der Waals surface area contributed by atoms with E-state index in [1.54, 1.807) is 13.1 Å². The molecule has 1 aliphatic rings. The number of hydrogen-bond acceptors (Lipinski definition) is 5. The molecule has 1 atom stereocenters. The summed E-state index contributed by atoms with van der Waals surface area (Å²) < 4.78 is 28.2. The van der Waals surface area contributed by atoms with Gasteiger partial charge in [-0.25, -0.2) is 18.4 Å². The van der Waals surface area contributed by atoms with Gasteiger partial charge in [0.05, 0.1) is 22.7 Å². The first-order chi connectivity index (χ1) is 16.3. The van der Waals surface area contributed by atoms with Crippen LogP contribution in [0.25, 0.3) is 28.2 Å². The van der Waals surface area contributed by atoms with Crippen LogP contribution in [0.1, 0.15) is 24.7 Å². The molecule has 0 amide bonds. The van der Waals surface area contributed by atoms with E-state index < -0.39 is 10.0 Å². The molecule has 8 nitrogen and oxygen atoms in total. The molecule has 1 fully saturated rings. The Hall–Kier alpha value is -2.88. The van der Waals surface area contributed by atoms with Crippen LogP contribution >= 0.6 is 11.6 Å². The van der Waals surface area contributed by atoms with E-state index in [0.29, 0.717) is 47.2 Å². The van der Waals surface area contributed by atoms with Crippen molar-refractivity contribution in [2.75, 3.05) is 24.2 Å². The summed E-state index contributed by atoms with van der Waals surface area (Å²) in [4.78, 5) is 12.6. The lowest BCUT2D eigenvalue weighted by molar-refractivity contribution is 0.476. The smallest absolute Gasteiger partial charge is 0.213 e. The van der Waals surface area contributed by atoms with Crippen LogP contribution in [0.15, 0.2) is 42.6 Å². The standard InChI is InChI=1S/C24H27ClN6O2S/c1-4-34(32,33)30-11-10-17(14-30)27-21-20(25)13-26-24-22(21)28-23(29-24)19-12-15(2)31(16(19)3)18-8-6-5-7-9-18/h5-9,12-13,17H,4,10-11,14H2,1-3H3,(H2,26,27,28,29)/t17-/m0/s1. The van der Waals surface area contributed by atoms with Gasteiger partial charge in [-0.3, -0.25) is 0 Å². The van der Waals surface area contributed by atoms with Crippen molar-refractivity contribution in [2.24, 2.45) is 0 Å². The molecular weight excluding hydrogens is 472 g/mol. The van der Waals surface area contributed by atoms with Crippen molar-refractivity contribution >= 4 is 38.5 Å². The summed E-state index contributed by atoms with van der Waals surface area (Å²) in [6.45, 7) is 6.73. The van der Waals surface area contributed by atoms with Crippen molar-refractivity contribution in [1.29, 1.82) is 0 Å². The number of para-hydroxylation sites is 1. The molecule has 0 saturated carbocycles. The molecule has 5 rings (SSSR count). The van der Waals surface area contributed by atoms with E-state index in [-0.39, 0.29) is 11.8 Å². The maximum atomic E-state index is 12.2. The third kappa shape index (κ3) is 3.97. The average Bonchev–Trinajstić information content (AvgIpc) is 3.54. The van der Waals surface area contributed by atoms with E-state index in [0.717, 1.165) is 22.6 Å². The molecule has 178 valence electrons. The van der Waals surface area contributed by atoms with Crippen LogP contribution in [-0.2, 0) is 10.0 Å². The molecule has 0 bridgehead atoms. The van der Waals surface area contributed by atoms with E-state index in [4.69, 9.17) is 16.6 Å². The van der Waals surface area contributed by atoms with E-state index in [2.05, 4.69) is 51.9 Å². The molecule has 0 spiro atoms. The SMILES string of the molecule is CCS(=O)(=O)N1CC[C@H](Nc2c(Cl)cnc3nc(-c4cc(C)n(-c5ccccc5)c4C)[nH]c23)C1. The van der Waals surface area contributed by atoms with Gasteiger partial charge in [-0.1, -0.05) is 29.8 Å².